The van der Waals surface area contributed by atoms with Crippen LogP contribution in [0.15, 0.2) is 29.1 Å². The first-order valence-electron chi connectivity index (χ1n) is 4.50. The highest BCUT2D eigenvalue weighted by Gasteiger charge is 2.12. The van der Waals surface area contributed by atoms with Crippen molar-refractivity contribution in [3.8, 4) is 11.5 Å². The molecule has 2 aromatic rings. The van der Waals surface area contributed by atoms with Crippen LogP contribution in [0.3, 0.4) is 0 Å². The second-order valence-corrected chi connectivity index (χ2v) is 3.33. The lowest BCUT2D eigenvalue weighted by molar-refractivity contribution is 0.566. The molecule has 0 radical (unpaired) electrons. The molecule has 2 heterocycles. The van der Waals surface area contributed by atoms with Gasteiger partial charge in [-0.1, -0.05) is 13.8 Å². The lowest BCUT2D eigenvalue weighted by Crippen LogP contribution is -1.95. The van der Waals surface area contributed by atoms with Gasteiger partial charge in [-0.3, -0.25) is 4.98 Å². The number of nitrogens with zero attached hydrogens (tertiary/aromatic N) is 3. The van der Waals surface area contributed by atoms with Gasteiger partial charge < -0.3 is 4.42 Å². The lowest BCUT2D eigenvalue weighted by Gasteiger charge is -2.07. The van der Waals surface area contributed by atoms with Crippen LogP contribution in [0.2, 0.25) is 0 Å². The number of hydrogen-bond donors (Lipinski definition) is 0. The van der Waals surface area contributed by atoms with Crippen molar-refractivity contribution in [2.24, 2.45) is 0 Å². The topological polar surface area (TPSA) is 51.8 Å². The van der Waals surface area contributed by atoms with Gasteiger partial charge in [0.2, 0.25) is 12.3 Å². The van der Waals surface area contributed by atoms with Gasteiger partial charge in [0.15, 0.2) is 0 Å². The highest BCUT2D eigenvalue weighted by molar-refractivity contribution is 5.56. The van der Waals surface area contributed by atoms with Crippen LogP contribution in [-0.4, -0.2) is 15.2 Å². The van der Waals surface area contributed by atoms with Crippen LogP contribution in [0.1, 0.15) is 25.5 Å². The van der Waals surface area contributed by atoms with Crippen LogP contribution in [0, 0.1) is 0 Å². The van der Waals surface area contributed by atoms with Gasteiger partial charge in [-0.05, 0) is 18.1 Å². The van der Waals surface area contributed by atoms with Gasteiger partial charge in [0.25, 0.3) is 0 Å². The molecule has 0 bridgehead atoms. The SMILES string of the molecule is CC(C)c1ncccc1-c1nnco1. The first-order valence-corrected chi connectivity index (χ1v) is 4.50. The van der Waals surface area contributed by atoms with Crippen molar-refractivity contribution in [1.29, 1.82) is 0 Å². The molecule has 72 valence electrons. The Labute approximate surface area is 82.0 Å². The minimum Gasteiger partial charge on any atom is -0.423 e. The molecule has 2 aromatic heterocycles. The van der Waals surface area contributed by atoms with E-state index in [1.165, 1.54) is 6.39 Å². The van der Waals surface area contributed by atoms with Crippen molar-refractivity contribution in [1.82, 2.24) is 15.2 Å². The number of rotatable bonds is 2. The van der Waals surface area contributed by atoms with Crippen molar-refractivity contribution in [2.45, 2.75) is 19.8 Å². The van der Waals surface area contributed by atoms with E-state index in [-0.39, 0.29) is 0 Å². The number of hydrogen-bond acceptors (Lipinski definition) is 4. The van der Waals surface area contributed by atoms with Gasteiger partial charge in [-0.2, -0.15) is 0 Å². The third-order valence-electron chi connectivity index (χ3n) is 1.98. The fourth-order valence-electron chi connectivity index (χ4n) is 1.35. The summed E-state index contributed by atoms with van der Waals surface area (Å²) in [4.78, 5) is 4.31. The Kier molecular flexibility index (Phi) is 2.26. The van der Waals surface area contributed by atoms with Crippen LogP contribution in [0.4, 0.5) is 0 Å². The maximum absolute atomic E-state index is 5.15. The van der Waals surface area contributed by atoms with Gasteiger partial charge in [-0.15, -0.1) is 10.2 Å². The van der Waals surface area contributed by atoms with E-state index in [1.807, 2.05) is 12.1 Å². The summed E-state index contributed by atoms with van der Waals surface area (Å²) in [5.74, 6) is 0.875. The van der Waals surface area contributed by atoms with E-state index in [2.05, 4.69) is 29.0 Å². The number of aromatic nitrogens is 3. The van der Waals surface area contributed by atoms with Crippen molar-refractivity contribution < 1.29 is 4.42 Å². The van der Waals surface area contributed by atoms with Crippen molar-refractivity contribution in [2.75, 3.05) is 0 Å². The zero-order valence-corrected chi connectivity index (χ0v) is 8.14. The average Bonchev–Trinajstić information content (AvgIpc) is 2.70. The third kappa shape index (κ3) is 1.51. The molecule has 2 rings (SSSR count). The Morgan fingerprint density at radius 3 is 2.86 bits per heavy atom. The van der Waals surface area contributed by atoms with Crippen LogP contribution in [0.25, 0.3) is 11.5 Å². The lowest BCUT2D eigenvalue weighted by atomic mass is 10.0. The summed E-state index contributed by atoms with van der Waals surface area (Å²) < 4.78 is 5.15. The van der Waals surface area contributed by atoms with E-state index in [9.17, 15) is 0 Å². The largest absolute Gasteiger partial charge is 0.423 e. The molecule has 0 amide bonds. The predicted octanol–water partition coefficient (Wildman–Crippen LogP) is 2.25. The molecule has 0 saturated carbocycles. The first-order chi connectivity index (χ1) is 6.79. The molecule has 0 unspecified atom stereocenters. The average molecular weight is 189 g/mol. The molecule has 0 N–H and O–H groups in total. The predicted molar refractivity (Wildman–Crippen MR) is 51.6 cm³/mol. The monoisotopic (exact) mass is 189 g/mol. The summed E-state index contributed by atoms with van der Waals surface area (Å²) in [7, 11) is 0. The van der Waals surface area contributed by atoms with Crippen molar-refractivity contribution >= 4 is 0 Å². The first kappa shape index (κ1) is 8.87. The summed E-state index contributed by atoms with van der Waals surface area (Å²) in [5, 5.41) is 7.53. The van der Waals surface area contributed by atoms with Gasteiger partial charge in [-0.25, -0.2) is 0 Å². The summed E-state index contributed by atoms with van der Waals surface area (Å²) in [6.45, 7) is 4.17. The van der Waals surface area contributed by atoms with Crippen molar-refractivity contribution in [3.63, 3.8) is 0 Å². The van der Waals surface area contributed by atoms with Crippen LogP contribution in [0.5, 0.6) is 0 Å². The fourth-order valence-corrected chi connectivity index (χ4v) is 1.35. The van der Waals surface area contributed by atoms with Gasteiger partial charge >= 0.3 is 0 Å². The van der Waals surface area contributed by atoms with Crippen LogP contribution >= 0.6 is 0 Å². The van der Waals surface area contributed by atoms with Crippen LogP contribution in [-0.2, 0) is 0 Å². The minimum atomic E-state index is 0.345. The van der Waals surface area contributed by atoms with E-state index in [0.717, 1.165) is 11.3 Å². The molecule has 0 spiro atoms. The zero-order chi connectivity index (χ0) is 9.97. The zero-order valence-electron chi connectivity index (χ0n) is 8.14. The third-order valence-corrected chi connectivity index (χ3v) is 1.98. The van der Waals surface area contributed by atoms with E-state index in [4.69, 9.17) is 4.42 Å². The molecule has 0 aromatic carbocycles. The summed E-state index contributed by atoms with van der Waals surface area (Å²) in [5.41, 5.74) is 1.90. The smallest absolute Gasteiger partial charge is 0.249 e. The standard InChI is InChI=1S/C10H11N3O/c1-7(2)9-8(4-3-5-11-9)10-13-12-6-14-10/h3-7H,1-2H3. The Morgan fingerprint density at radius 1 is 1.36 bits per heavy atom. The molecule has 0 saturated heterocycles. The Bertz CT molecular complexity index is 409. The quantitative estimate of drug-likeness (QED) is 0.727. The minimum absolute atomic E-state index is 0.345. The van der Waals surface area contributed by atoms with E-state index in [0.29, 0.717) is 11.8 Å². The molecule has 4 heteroatoms. The molecule has 0 atom stereocenters. The second-order valence-electron chi connectivity index (χ2n) is 3.33. The molecule has 0 fully saturated rings. The molecule has 0 aliphatic rings. The molecule has 0 aliphatic heterocycles. The Balaban J connectivity index is 2.53. The Hall–Kier alpha value is -1.71. The van der Waals surface area contributed by atoms with E-state index in [1.54, 1.807) is 6.20 Å². The summed E-state index contributed by atoms with van der Waals surface area (Å²) in [6.07, 6.45) is 3.10. The molecular weight excluding hydrogens is 178 g/mol. The fraction of sp³-hybridized carbons (Fsp3) is 0.300. The van der Waals surface area contributed by atoms with Gasteiger partial charge in [0.1, 0.15) is 0 Å². The maximum Gasteiger partial charge on any atom is 0.249 e. The normalized spacial score (nSPS) is 10.8. The highest BCUT2D eigenvalue weighted by Crippen LogP contribution is 2.24. The Morgan fingerprint density at radius 2 is 2.21 bits per heavy atom. The van der Waals surface area contributed by atoms with Gasteiger partial charge in [0, 0.05) is 6.20 Å². The number of pyridine rings is 1. The van der Waals surface area contributed by atoms with Crippen molar-refractivity contribution in [3.05, 3.63) is 30.4 Å². The maximum atomic E-state index is 5.15. The summed E-state index contributed by atoms with van der Waals surface area (Å²) in [6, 6.07) is 3.81. The molecule has 14 heavy (non-hydrogen) atoms. The highest BCUT2D eigenvalue weighted by atomic mass is 16.4. The van der Waals surface area contributed by atoms with E-state index >= 15 is 0 Å². The van der Waals surface area contributed by atoms with Gasteiger partial charge in [0.05, 0.1) is 11.3 Å². The molecular formula is C10H11N3O. The molecule has 0 aliphatic carbocycles. The van der Waals surface area contributed by atoms with E-state index < -0.39 is 0 Å². The van der Waals surface area contributed by atoms with Crippen LogP contribution < -0.4 is 0 Å². The second kappa shape index (κ2) is 3.57. The molecule has 4 nitrogen and oxygen atoms in total. The summed E-state index contributed by atoms with van der Waals surface area (Å²) >= 11 is 0.